The Labute approximate surface area is 82.4 Å². The van der Waals surface area contributed by atoms with Gasteiger partial charge in [-0.15, -0.1) is 0 Å². The van der Waals surface area contributed by atoms with Crippen LogP contribution in [0.15, 0.2) is 18.2 Å². The van der Waals surface area contributed by atoms with Crippen molar-refractivity contribution in [3.63, 3.8) is 0 Å². The van der Waals surface area contributed by atoms with Gasteiger partial charge in [-0.3, -0.25) is 0 Å². The lowest BCUT2D eigenvalue weighted by Crippen LogP contribution is -2.06. The monoisotopic (exact) mass is 200 g/mol. The van der Waals surface area contributed by atoms with Crippen LogP contribution in [0.4, 0.5) is 4.39 Å². The smallest absolute Gasteiger partial charge is 0.186 e. The summed E-state index contributed by atoms with van der Waals surface area (Å²) in [6.45, 7) is 0. The van der Waals surface area contributed by atoms with E-state index in [1.807, 2.05) is 0 Å². The molecule has 78 valence electrons. The highest BCUT2D eigenvalue weighted by atomic mass is 19.1. The molecule has 0 saturated carbocycles. The molecule has 0 saturated heterocycles. The second-order valence-electron chi connectivity index (χ2n) is 2.69. The number of halogens is 1. The lowest BCUT2D eigenvalue weighted by molar-refractivity contribution is -0.107. The van der Waals surface area contributed by atoms with E-state index in [1.165, 1.54) is 39.5 Å². The van der Waals surface area contributed by atoms with Crippen molar-refractivity contribution < 1.29 is 18.6 Å². The molecule has 0 unspecified atom stereocenters. The summed E-state index contributed by atoms with van der Waals surface area (Å²) >= 11 is 0. The lowest BCUT2D eigenvalue weighted by atomic mass is 10.2. The number of hydrogen-bond acceptors (Lipinski definition) is 3. The van der Waals surface area contributed by atoms with Crippen molar-refractivity contribution in [2.45, 2.75) is 6.29 Å². The summed E-state index contributed by atoms with van der Waals surface area (Å²) in [5.41, 5.74) is 0.539. The first-order valence-corrected chi connectivity index (χ1v) is 4.12. The summed E-state index contributed by atoms with van der Waals surface area (Å²) < 4.78 is 28.0. The second-order valence-corrected chi connectivity index (χ2v) is 2.69. The van der Waals surface area contributed by atoms with Crippen LogP contribution in [0.2, 0.25) is 0 Å². The highest BCUT2D eigenvalue weighted by Gasteiger charge is 2.15. The number of ether oxygens (including phenoxy) is 3. The van der Waals surface area contributed by atoms with E-state index in [-0.39, 0.29) is 5.82 Å². The van der Waals surface area contributed by atoms with Crippen molar-refractivity contribution in [1.82, 2.24) is 0 Å². The van der Waals surface area contributed by atoms with Crippen LogP contribution in [-0.2, 0) is 9.47 Å². The van der Waals surface area contributed by atoms with Crippen LogP contribution in [-0.4, -0.2) is 21.3 Å². The number of methoxy groups -OCH3 is 3. The molecule has 0 N–H and O–H groups in total. The largest absolute Gasteiger partial charge is 0.496 e. The summed E-state index contributed by atoms with van der Waals surface area (Å²) in [5, 5.41) is 0. The Bertz CT molecular complexity index is 297. The third kappa shape index (κ3) is 2.21. The maximum absolute atomic E-state index is 12.9. The topological polar surface area (TPSA) is 27.7 Å². The van der Waals surface area contributed by atoms with Crippen molar-refractivity contribution >= 4 is 0 Å². The molecule has 0 aliphatic rings. The van der Waals surface area contributed by atoms with Gasteiger partial charge in [-0.25, -0.2) is 4.39 Å². The van der Waals surface area contributed by atoms with E-state index >= 15 is 0 Å². The van der Waals surface area contributed by atoms with E-state index in [9.17, 15) is 4.39 Å². The Hall–Kier alpha value is -1.13. The van der Waals surface area contributed by atoms with Crippen LogP contribution in [0.3, 0.4) is 0 Å². The molecule has 0 heterocycles. The predicted octanol–water partition coefficient (Wildman–Crippen LogP) is 2.13. The molecule has 14 heavy (non-hydrogen) atoms. The van der Waals surface area contributed by atoms with Crippen molar-refractivity contribution in [2.24, 2.45) is 0 Å². The van der Waals surface area contributed by atoms with Crippen LogP contribution in [0, 0.1) is 5.82 Å². The molecule has 1 rings (SSSR count). The van der Waals surface area contributed by atoms with Gasteiger partial charge in [-0.1, -0.05) is 0 Å². The maximum atomic E-state index is 12.9. The normalized spacial score (nSPS) is 10.6. The highest BCUT2D eigenvalue weighted by molar-refractivity contribution is 5.34. The van der Waals surface area contributed by atoms with E-state index in [1.54, 1.807) is 0 Å². The van der Waals surface area contributed by atoms with Crippen molar-refractivity contribution in [2.75, 3.05) is 21.3 Å². The zero-order chi connectivity index (χ0) is 10.6. The average Bonchev–Trinajstić information content (AvgIpc) is 2.20. The molecule has 0 bridgehead atoms. The van der Waals surface area contributed by atoms with Gasteiger partial charge in [0.05, 0.1) is 12.7 Å². The second kappa shape index (κ2) is 4.93. The van der Waals surface area contributed by atoms with Gasteiger partial charge >= 0.3 is 0 Å². The third-order valence-electron chi connectivity index (χ3n) is 1.87. The number of rotatable bonds is 4. The fourth-order valence-electron chi connectivity index (χ4n) is 1.24. The third-order valence-corrected chi connectivity index (χ3v) is 1.87. The van der Waals surface area contributed by atoms with Crippen LogP contribution in [0.1, 0.15) is 11.9 Å². The molecule has 4 heteroatoms. The Morgan fingerprint density at radius 1 is 1.14 bits per heavy atom. The molecule has 0 atom stereocenters. The summed E-state index contributed by atoms with van der Waals surface area (Å²) in [6.07, 6.45) is -0.611. The average molecular weight is 200 g/mol. The fraction of sp³-hybridized carbons (Fsp3) is 0.400. The van der Waals surface area contributed by atoms with Crippen molar-refractivity contribution in [3.05, 3.63) is 29.6 Å². The van der Waals surface area contributed by atoms with E-state index < -0.39 is 6.29 Å². The SMILES string of the molecule is COc1ccc(F)cc1C(OC)OC. The minimum Gasteiger partial charge on any atom is -0.496 e. The van der Waals surface area contributed by atoms with Crippen LogP contribution in [0.5, 0.6) is 5.75 Å². The van der Waals surface area contributed by atoms with Gasteiger partial charge in [0, 0.05) is 14.2 Å². The van der Waals surface area contributed by atoms with Crippen LogP contribution in [0.25, 0.3) is 0 Å². The minimum atomic E-state index is -0.611. The van der Waals surface area contributed by atoms with Crippen molar-refractivity contribution in [1.29, 1.82) is 0 Å². The Morgan fingerprint density at radius 2 is 1.79 bits per heavy atom. The van der Waals surface area contributed by atoms with Gasteiger partial charge in [0.25, 0.3) is 0 Å². The minimum absolute atomic E-state index is 0.347. The summed E-state index contributed by atoms with van der Waals surface area (Å²) in [4.78, 5) is 0. The Morgan fingerprint density at radius 3 is 2.29 bits per heavy atom. The zero-order valence-corrected chi connectivity index (χ0v) is 8.41. The predicted molar refractivity (Wildman–Crippen MR) is 49.7 cm³/mol. The highest BCUT2D eigenvalue weighted by Crippen LogP contribution is 2.28. The molecule has 0 amide bonds. The maximum Gasteiger partial charge on any atom is 0.186 e. The standard InChI is InChI=1S/C10H13FO3/c1-12-9-5-4-7(11)6-8(9)10(13-2)14-3/h4-6,10H,1-3H3. The molecule has 0 fully saturated rings. The lowest BCUT2D eigenvalue weighted by Gasteiger charge is -2.16. The van der Waals surface area contributed by atoms with E-state index in [4.69, 9.17) is 14.2 Å². The summed E-state index contributed by atoms with van der Waals surface area (Å²) in [6, 6.07) is 4.19. The fourth-order valence-corrected chi connectivity index (χ4v) is 1.24. The van der Waals surface area contributed by atoms with Gasteiger partial charge in [-0.2, -0.15) is 0 Å². The zero-order valence-electron chi connectivity index (χ0n) is 8.41. The number of benzene rings is 1. The quantitative estimate of drug-likeness (QED) is 0.697. The molecule has 0 aliphatic heterocycles. The molecule has 0 spiro atoms. The summed E-state index contributed by atoms with van der Waals surface area (Å²) in [7, 11) is 4.48. The van der Waals surface area contributed by atoms with Gasteiger partial charge in [0.1, 0.15) is 11.6 Å². The van der Waals surface area contributed by atoms with Crippen molar-refractivity contribution in [3.8, 4) is 5.75 Å². The van der Waals surface area contributed by atoms with E-state index in [0.717, 1.165) is 0 Å². The molecule has 1 aromatic rings. The molecule has 0 aromatic heterocycles. The first-order valence-electron chi connectivity index (χ1n) is 4.12. The Kier molecular flexibility index (Phi) is 3.85. The first-order chi connectivity index (χ1) is 6.72. The first kappa shape index (κ1) is 10.9. The van der Waals surface area contributed by atoms with Gasteiger partial charge in [0.15, 0.2) is 6.29 Å². The molecular formula is C10H13FO3. The number of hydrogen-bond donors (Lipinski definition) is 0. The molecule has 3 nitrogen and oxygen atoms in total. The molecule has 0 aliphatic carbocycles. The molecular weight excluding hydrogens is 187 g/mol. The molecule has 0 radical (unpaired) electrons. The van der Waals surface area contributed by atoms with Crippen LogP contribution < -0.4 is 4.74 Å². The van der Waals surface area contributed by atoms with Gasteiger partial charge in [0.2, 0.25) is 0 Å². The van der Waals surface area contributed by atoms with E-state index in [2.05, 4.69) is 0 Å². The Balaban J connectivity index is 3.08. The van der Waals surface area contributed by atoms with E-state index in [0.29, 0.717) is 11.3 Å². The van der Waals surface area contributed by atoms with Gasteiger partial charge < -0.3 is 14.2 Å². The van der Waals surface area contributed by atoms with Crippen LogP contribution >= 0.6 is 0 Å². The molecule has 1 aromatic carbocycles. The van der Waals surface area contributed by atoms with Gasteiger partial charge in [-0.05, 0) is 18.2 Å². The summed E-state index contributed by atoms with van der Waals surface area (Å²) in [5.74, 6) is 0.194.